The van der Waals surface area contributed by atoms with Gasteiger partial charge in [-0.25, -0.2) is 4.79 Å². The average Bonchev–Trinajstić information content (AvgIpc) is 2.18. The van der Waals surface area contributed by atoms with Crippen molar-refractivity contribution >= 4 is 30.6 Å². The highest BCUT2D eigenvalue weighted by Crippen LogP contribution is 2.02. The predicted molar refractivity (Wildman–Crippen MR) is 64.1 cm³/mol. The van der Waals surface area contributed by atoms with E-state index in [2.05, 4.69) is 10.2 Å². The second-order valence-corrected chi connectivity index (χ2v) is 2.70. The van der Waals surface area contributed by atoms with Crippen molar-refractivity contribution in [3.8, 4) is 0 Å². The van der Waals surface area contributed by atoms with E-state index in [0.717, 1.165) is 0 Å². The molecule has 1 aromatic rings. The largest absolute Gasteiger partial charge is 0.478 e. The third-order valence-electron chi connectivity index (χ3n) is 1.54. The predicted octanol–water partition coefficient (Wildman–Crippen LogP) is 0.414. The standard InChI is InChI=1S/C9H10N4O2.ClH/c10-9(11)13-12-5-6-1-3-7(4-2-6)8(14)15;/h1-5H,(H,14,15)(H4,10,11,13);1H/b12-5+;. The lowest BCUT2D eigenvalue weighted by atomic mass is 10.1. The van der Waals surface area contributed by atoms with Gasteiger partial charge in [-0.15, -0.1) is 17.5 Å². The Morgan fingerprint density at radius 2 is 1.81 bits per heavy atom. The molecule has 0 heterocycles. The molecule has 0 unspecified atom stereocenters. The summed E-state index contributed by atoms with van der Waals surface area (Å²) in [5.74, 6) is -1.10. The Labute approximate surface area is 98.1 Å². The molecule has 0 saturated heterocycles. The number of halogens is 1. The van der Waals surface area contributed by atoms with E-state index in [1.807, 2.05) is 0 Å². The van der Waals surface area contributed by atoms with Gasteiger partial charge in [0.1, 0.15) is 0 Å². The highest BCUT2D eigenvalue weighted by molar-refractivity contribution is 5.89. The summed E-state index contributed by atoms with van der Waals surface area (Å²) >= 11 is 0. The van der Waals surface area contributed by atoms with Crippen molar-refractivity contribution in [2.45, 2.75) is 0 Å². The van der Waals surface area contributed by atoms with Gasteiger partial charge in [-0.1, -0.05) is 12.1 Å². The SMILES string of the molecule is Cl.NC(N)=N/N=C/c1ccc(C(=O)O)cc1. The van der Waals surface area contributed by atoms with Gasteiger partial charge in [-0.05, 0) is 17.7 Å². The van der Waals surface area contributed by atoms with Gasteiger partial charge in [-0.2, -0.15) is 5.10 Å². The van der Waals surface area contributed by atoms with E-state index >= 15 is 0 Å². The smallest absolute Gasteiger partial charge is 0.335 e. The molecule has 16 heavy (non-hydrogen) atoms. The van der Waals surface area contributed by atoms with Crippen LogP contribution in [0, 0.1) is 0 Å². The number of nitrogens with zero attached hydrogens (tertiary/aromatic N) is 2. The second kappa shape index (κ2) is 6.41. The van der Waals surface area contributed by atoms with Crippen LogP contribution in [0.15, 0.2) is 34.5 Å². The lowest BCUT2D eigenvalue weighted by Crippen LogP contribution is -2.21. The number of carbonyl (C=O) groups is 1. The molecule has 0 saturated carbocycles. The fraction of sp³-hybridized carbons (Fsp3) is 0. The van der Waals surface area contributed by atoms with Crippen molar-refractivity contribution in [1.29, 1.82) is 0 Å². The molecule has 0 radical (unpaired) electrons. The van der Waals surface area contributed by atoms with Crippen LogP contribution in [-0.4, -0.2) is 23.2 Å². The van der Waals surface area contributed by atoms with Crippen molar-refractivity contribution < 1.29 is 9.90 Å². The van der Waals surface area contributed by atoms with Crippen LogP contribution in [0.25, 0.3) is 0 Å². The highest BCUT2D eigenvalue weighted by atomic mass is 35.5. The maximum absolute atomic E-state index is 10.5. The number of carboxylic acid groups (broad SMARTS) is 1. The first-order chi connectivity index (χ1) is 7.09. The molecule has 0 bridgehead atoms. The Hall–Kier alpha value is -2.08. The first kappa shape index (κ1) is 13.9. The number of carboxylic acids is 1. The molecule has 5 N–H and O–H groups in total. The second-order valence-electron chi connectivity index (χ2n) is 2.70. The van der Waals surface area contributed by atoms with Gasteiger partial charge in [0.15, 0.2) is 0 Å². The van der Waals surface area contributed by atoms with Gasteiger partial charge >= 0.3 is 5.97 Å². The van der Waals surface area contributed by atoms with Crippen LogP contribution in [0.5, 0.6) is 0 Å². The Kier molecular flexibility index (Phi) is 5.58. The molecule has 1 aromatic carbocycles. The van der Waals surface area contributed by atoms with Crippen molar-refractivity contribution in [2.24, 2.45) is 21.7 Å². The molecule has 0 aromatic heterocycles. The van der Waals surface area contributed by atoms with Gasteiger partial charge in [0.2, 0.25) is 5.96 Å². The van der Waals surface area contributed by atoms with Crippen molar-refractivity contribution in [3.05, 3.63) is 35.4 Å². The zero-order chi connectivity index (χ0) is 11.3. The monoisotopic (exact) mass is 242 g/mol. The number of hydrogen-bond acceptors (Lipinski definition) is 3. The average molecular weight is 243 g/mol. The summed E-state index contributed by atoms with van der Waals surface area (Å²) in [5.41, 5.74) is 11.0. The summed E-state index contributed by atoms with van der Waals surface area (Å²) in [6.07, 6.45) is 1.42. The summed E-state index contributed by atoms with van der Waals surface area (Å²) in [5, 5.41) is 15.6. The molecule has 6 nitrogen and oxygen atoms in total. The van der Waals surface area contributed by atoms with E-state index in [9.17, 15) is 4.79 Å². The van der Waals surface area contributed by atoms with E-state index < -0.39 is 5.97 Å². The zero-order valence-electron chi connectivity index (χ0n) is 8.20. The van der Waals surface area contributed by atoms with Gasteiger partial charge < -0.3 is 16.6 Å². The van der Waals surface area contributed by atoms with Crippen LogP contribution in [0.2, 0.25) is 0 Å². The maximum atomic E-state index is 10.5. The molecule has 0 atom stereocenters. The molecule has 0 fully saturated rings. The van der Waals surface area contributed by atoms with Crippen molar-refractivity contribution in [1.82, 2.24) is 0 Å². The van der Waals surface area contributed by atoms with E-state index in [-0.39, 0.29) is 23.9 Å². The molecule has 7 heteroatoms. The van der Waals surface area contributed by atoms with Crippen LogP contribution in [0.1, 0.15) is 15.9 Å². The minimum Gasteiger partial charge on any atom is -0.478 e. The molecule has 86 valence electrons. The van der Waals surface area contributed by atoms with Gasteiger partial charge in [-0.3, -0.25) is 0 Å². The summed E-state index contributed by atoms with van der Waals surface area (Å²) in [6, 6.07) is 6.16. The molecule has 1 rings (SSSR count). The number of aromatic carboxylic acids is 1. The van der Waals surface area contributed by atoms with Crippen LogP contribution in [0.3, 0.4) is 0 Å². The molecule has 0 aliphatic rings. The fourth-order valence-corrected chi connectivity index (χ4v) is 0.874. The number of guanidine groups is 1. The molecular formula is C9H11ClN4O2. The van der Waals surface area contributed by atoms with E-state index in [0.29, 0.717) is 5.56 Å². The van der Waals surface area contributed by atoms with Crippen LogP contribution >= 0.6 is 12.4 Å². The summed E-state index contributed by atoms with van der Waals surface area (Å²) in [7, 11) is 0. The Balaban J connectivity index is 0.00000225. The summed E-state index contributed by atoms with van der Waals surface area (Å²) < 4.78 is 0. The van der Waals surface area contributed by atoms with Gasteiger partial charge in [0.05, 0.1) is 11.8 Å². The number of benzene rings is 1. The molecular weight excluding hydrogens is 232 g/mol. The van der Waals surface area contributed by atoms with Gasteiger partial charge in [0, 0.05) is 0 Å². The molecule has 0 aliphatic carbocycles. The first-order valence-electron chi connectivity index (χ1n) is 4.05. The third kappa shape index (κ3) is 4.43. The minimum atomic E-state index is -0.970. The number of rotatable bonds is 3. The number of hydrogen-bond donors (Lipinski definition) is 3. The fourth-order valence-electron chi connectivity index (χ4n) is 0.874. The zero-order valence-corrected chi connectivity index (χ0v) is 9.02. The van der Waals surface area contributed by atoms with E-state index in [4.69, 9.17) is 16.6 Å². The third-order valence-corrected chi connectivity index (χ3v) is 1.54. The first-order valence-corrected chi connectivity index (χ1v) is 4.05. The van der Waals surface area contributed by atoms with Crippen molar-refractivity contribution in [2.75, 3.05) is 0 Å². The summed E-state index contributed by atoms with van der Waals surface area (Å²) in [4.78, 5) is 10.5. The molecule has 0 spiro atoms. The van der Waals surface area contributed by atoms with Crippen molar-refractivity contribution in [3.63, 3.8) is 0 Å². The Morgan fingerprint density at radius 3 is 2.25 bits per heavy atom. The van der Waals surface area contributed by atoms with E-state index in [1.54, 1.807) is 12.1 Å². The number of nitrogens with two attached hydrogens (primary N) is 2. The summed E-state index contributed by atoms with van der Waals surface area (Å²) in [6.45, 7) is 0. The molecule has 0 amide bonds. The minimum absolute atomic E-state index is 0. The quantitative estimate of drug-likeness (QED) is 0.405. The lowest BCUT2D eigenvalue weighted by molar-refractivity contribution is 0.0697. The highest BCUT2D eigenvalue weighted by Gasteiger charge is 1.99. The topological polar surface area (TPSA) is 114 Å². The lowest BCUT2D eigenvalue weighted by Gasteiger charge is -1.94. The maximum Gasteiger partial charge on any atom is 0.335 e. The van der Waals surface area contributed by atoms with Crippen LogP contribution in [-0.2, 0) is 0 Å². The van der Waals surface area contributed by atoms with Crippen LogP contribution in [0.4, 0.5) is 0 Å². The Bertz CT molecular complexity index is 410. The molecule has 0 aliphatic heterocycles. The Morgan fingerprint density at radius 1 is 1.25 bits per heavy atom. The van der Waals surface area contributed by atoms with E-state index in [1.165, 1.54) is 18.3 Å². The van der Waals surface area contributed by atoms with Gasteiger partial charge in [0.25, 0.3) is 0 Å². The van der Waals surface area contributed by atoms with Crippen LogP contribution < -0.4 is 11.5 Å². The normalized spacial score (nSPS) is 9.50.